The van der Waals surface area contributed by atoms with E-state index in [1.165, 1.54) is 6.07 Å². The molecule has 0 saturated carbocycles. The van der Waals surface area contributed by atoms with E-state index in [4.69, 9.17) is 9.79 Å². The molecule has 0 saturated heterocycles. The summed E-state index contributed by atoms with van der Waals surface area (Å²) in [6.45, 7) is 0. The van der Waals surface area contributed by atoms with Gasteiger partial charge in [0.25, 0.3) is 5.69 Å². The summed E-state index contributed by atoms with van der Waals surface area (Å²) < 4.78 is 10.8. The van der Waals surface area contributed by atoms with Gasteiger partial charge >= 0.3 is 7.60 Å². The van der Waals surface area contributed by atoms with E-state index in [-0.39, 0.29) is 11.4 Å². The fraction of sp³-hybridized carbons (Fsp3) is 0.0909. The summed E-state index contributed by atoms with van der Waals surface area (Å²) in [6.07, 6.45) is -0.647. The lowest BCUT2D eigenvalue weighted by Gasteiger charge is -2.09. The Morgan fingerprint density at radius 1 is 1.21 bits per heavy atom. The summed E-state index contributed by atoms with van der Waals surface area (Å²) in [5.74, 6) is 0. The van der Waals surface area contributed by atoms with Gasteiger partial charge in [-0.2, -0.15) is 0 Å². The maximum Gasteiger partial charge on any atom is 0.344 e. The number of nitrogens with one attached hydrogen (secondary N) is 1. The van der Waals surface area contributed by atoms with Crippen LogP contribution in [0.1, 0.15) is 0 Å². The number of nitrogens with zero attached hydrogens (tertiary/aromatic N) is 1. The Morgan fingerprint density at radius 2 is 1.89 bits per heavy atom. The van der Waals surface area contributed by atoms with Crippen LogP contribution < -0.4 is 5.32 Å². The SMILES string of the molecule is O=[N+]([O-])c1c(NCP(=O)(O)O)ccc2ccccc12. The summed E-state index contributed by atoms with van der Waals surface area (Å²) >= 11 is 0. The minimum Gasteiger partial charge on any atom is -0.368 e. The molecule has 0 heterocycles. The zero-order valence-electron chi connectivity index (χ0n) is 9.68. The van der Waals surface area contributed by atoms with Crippen molar-refractivity contribution in [1.82, 2.24) is 0 Å². The molecule has 0 aliphatic carbocycles. The molecule has 8 heteroatoms. The third-order valence-corrected chi connectivity index (χ3v) is 3.13. The van der Waals surface area contributed by atoms with Crippen LogP contribution in [0, 0.1) is 10.1 Å². The number of hydrogen-bond donors (Lipinski definition) is 3. The first-order chi connectivity index (χ1) is 8.88. The molecule has 7 nitrogen and oxygen atoms in total. The number of fused-ring (bicyclic) bond motifs is 1. The molecule has 0 aliphatic rings. The van der Waals surface area contributed by atoms with Gasteiger partial charge in [-0.25, -0.2) is 0 Å². The minimum absolute atomic E-state index is 0.0898. The summed E-state index contributed by atoms with van der Waals surface area (Å²) in [4.78, 5) is 28.2. The second-order valence-corrected chi connectivity index (χ2v) is 5.59. The lowest BCUT2D eigenvalue weighted by Crippen LogP contribution is -2.05. The molecule has 2 rings (SSSR count). The lowest BCUT2D eigenvalue weighted by molar-refractivity contribution is -0.382. The van der Waals surface area contributed by atoms with Gasteiger partial charge < -0.3 is 15.1 Å². The Morgan fingerprint density at radius 3 is 2.53 bits per heavy atom. The van der Waals surface area contributed by atoms with E-state index < -0.39 is 18.8 Å². The topological polar surface area (TPSA) is 113 Å². The second-order valence-electron chi connectivity index (χ2n) is 3.94. The first-order valence-corrected chi connectivity index (χ1v) is 7.13. The van der Waals surface area contributed by atoms with E-state index >= 15 is 0 Å². The van der Waals surface area contributed by atoms with Crippen molar-refractivity contribution in [3.63, 3.8) is 0 Å². The van der Waals surface area contributed by atoms with Crippen LogP contribution in [0.4, 0.5) is 11.4 Å². The highest BCUT2D eigenvalue weighted by Crippen LogP contribution is 2.38. The van der Waals surface area contributed by atoms with Crippen molar-refractivity contribution in [3.05, 3.63) is 46.5 Å². The van der Waals surface area contributed by atoms with Crippen LogP contribution in [0.3, 0.4) is 0 Å². The van der Waals surface area contributed by atoms with Crippen molar-refractivity contribution in [2.75, 3.05) is 11.6 Å². The van der Waals surface area contributed by atoms with E-state index in [0.717, 1.165) is 0 Å². The zero-order valence-corrected chi connectivity index (χ0v) is 10.6. The van der Waals surface area contributed by atoms with Gasteiger partial charge in [-0.3, -0.25) is 14.7 Å². The maximum atomic E-state index is 11.1. The highest BCUT2D eigenvalue weighted by molar-refractivity contribution is 7.51. The zero-order chi connectivity index (χ0) is 14.0. The van der Waals surface area contributed by atoms with Crippen LogP contribution in [0.5, 0.6) is 0 Å². The Bertz CT molecular complexity index is 682. The molecule has 100 valence electrons. The average Bonchev–Trinajstić information content (AvgIpc) is 2.34. The molecular formula is C11H11N2O5P. The van der Waals surface area contributed by atoms with Gasteiger partial charge in [0.15, 0.2) is 0 Å². The van der Waals surface area contributed by atoms with E-state index in [0.29, 0.717) is 10.8 Å². The molecule has 0 atom stereocenters. The summed E-state index contributed by atoms with van der Waals surface area (Å²) in [7, 11) is -4.28. The van der Waals surface area contributed by atoms with Crippen LogP contribution in [0.25, 0.3) is 10.8 Å². The molecule has 0 radical (unpaired) electrons. The molecular weight excluding hydrogens is 271 g/mol. The van der Waals surface area contributed by atoms with E-state index in [1.807, 2.05) is 0 Å². The first-order valence-electron chi connectivity index (χ1n) is 5.33. The Balaban J connectivity index is 2.52. The van der Waals surface area contributed by atoms with Crippen LogP contribution in [0.2, 0.25) is 0 Å². The second kappa shape index (κ2) is 4.97. The number of rotatable bonds is 4. The molecule has 0 aromatic heterocycles. The standard InChI is InChI=1S/C11H11N2O5P/c14-13(15)11-9-4-2-1-3-8(9)5-6-10(11)12-7-19(16,17)18/h1-6,12H,7H2,(H2,16,17,18). The van der Waals surface area contributed by atoms with Crippen molar-refractivity contribution in [3.8, 4) is 0 Å². The van der Waals surface area contributed by atoms with Crippen LogP contribution >= 0.6 is 7.60 Å². The third-order valence-electron chi connectivity index (χ3n) is 2.56. The number of anilines is 1. The number of nitro groups is 1. The summed E-state index contributed by atoms with van der Waals surface area (Å²) in [5, 5.41) is 14.7. The Labute approximate surface area is 108 Å². The molecule has 2 aromatic rings. The molecule has 2 aromatic carbocycles. The van der Waals surface area contributed by atoms with Gasteiger partial charge in [0.05, 0.1) is 10.3 Å². The smallest absolute Gasteiger partial charge is 0.344 e. The van der Waals surface area contributed by atoms with Crippen molar-refractivity contribution in [2.45, 2.75) is 0 Å². The Hall–Kier alpha value is -1.95. The molecule has 3 N–H and O–H groups in total. The van der Waals surface area contributed by atoms with Crippen molar-refractivity contribution in [1.29, 1.82) is 0 Å². The Kier molecular flexibility index (Phi) is 3.53. The molecule has 0 spiro atoms. The maximum absolute atomic E-state index is 11.1. The number of hydrogen-bond acceptors (Lipinski definition) is 4. The molecule has 0 amide bonds. The number of benzene rings is 2. The quantitative estimate of drug-likeness (QED) is 0.450. The summed E-state index contributed by atoms with van der Waals surface area (Å²) in [6, 6.07) is 9.85. The monoisotopic (exact) mass is 282 g/mol. The molecule has 0 aliphatic heterocycles. The van der Waals surface area contributed by atoms with Crippen molar-refractivity contribution < 1.29 is 19.3 Å². The third kappa shape index (κ3) is 3.08. The number of nitro benzene ring substituents is 1. The minimum atomic E-state index is -4.28. The molecule has 19 heavy (non-hydrogen) atoms. The fourth-order valence-electron chi connectivity index (χ4n) is 1.78. The molecule has 0 fully saturated rings. The summed E-state index contributed by atoms with van der Waals surface area (Å²) in [5.41, 5.74) is -0.0985. The van der Waals surface area contributed by atoms with Crippen molar-refractivity contribution in [2.24, 2.45) is 0 Å². The highest BCUT2D eigenvalue weighted by Gasteiger charge is 2.20. The van der Waals surface area contributed by atoms with Gasteiger partial charge in [-0.1, -0.05) is 24.3 Å². The fourth-order valence-corrected chi connectivity index (χ4v) is 2.16. The van der Waals surface area contributed by atoms with E-state index in [9.17, 15) is 14.7 Å². The van der Waals surface area contributed by atoms with Crippen LogP contribution in [-0.4, -0.2) is 21.0 Å². The van der Waals surface area contributed by atoms with Gasteiger partial charge in [-0.05, 0) is 17.5 Å². The van der Waals surface area contributed by atoms with Gasteiger partial charge in [0.2, 0.25) is 0 Å². The molecule has 0 bridgehead atoms. The van der Waals surface area contributed by atoms with E-state index in [1.54, 1.807) is 30.3 Å². The largest absolute Gasteiger partial charge is 0.368 e. The lowest BCUT2D eigenvalue weighted by atomic mass is 10.1. The predicted octanol–water partition coefficient (Wildman–Crippen LogP) is 2.30. The normalized spacial score (nSPS) is 11.5. The van der Waals surface area contributed by atoms with Crippen LogP contribution in [-0.2, 0) is 4.57 Å². The first kappa shape index (κ1) is 13.5. The van der Waals surface area contributed by atoms with Crippen LogP contribution in [0.15, 0.2) is 36.4 Å². The van der Waals surface area contributed by atoms with E-state index in [2.05, 4.69) is 5.32 Å². The molecule has 0 unspecified atom stereocenters. The predicted molar refractivity (Wildman–Crippen MR) is 71.1 cm³/mol. The van der Waals surface area contributed by atoms with Gasteiger partial charge in [0.1, 0.15) is 12.0 Å². The highest BCUT2D eigenvalue weighted by atomic mass is 31.2. The van der Waals surface area contributed by atoms with Crippen molar-refractivity contribution >= 4 is 29.7 Å². The average molecular weight is 282 g/mol. The van der Waals surface area contributed by atoms with Gasteiger partial charge in [-0.15, -0.1) is 0 Å². The van der Waals surface area contributed by atoms with Gasteiger partial charge in [0, 0.05) is 0 Å².